The number of hydrogen-bond acceptors (Lipinski definition) is 2. The molecular formula is C20H19NS. The van der Waals surface area contributed by atoms with Gasteiger partial charge in [-0.05, 0) is 11.1 Å². The fourth-order valence-corrected chi connectivity index (χ4v) is 3.43. The molecule has 0 bridgehead atoms. The Kier molecular flexibility index (Phi) is 5.27. The maximum absolute atomic E-state index is 4.83. The highest BCUT2D eigenvalue weighted by atomic mass is 32.2. The van der Waals surface area contributed by atoms with Gasteiger partial charge < -0.3 is 0 Å². The van der Waals surface area contributed by atoms with Gasteiger partial charge in [-0.1, -0.05) is 85.0 Å². The van der Waals surface area contributed by atoms with Crippen molar-refractivity contribution in [1.29, 1.82) is 0 Å². The Bertz CT molecular complexity index is 647. The smallest absolute Gasteiger partial charge is 0.0839 e. The first kappa shape index (κ1) is 14.9. The number of aliphatic imine (C=N–C) groups is 1. The topological polar surface area (TPSA) is 12.4 Å². The fraction of sp³-hybridized carbons (Fsp3) is 0.150. The van der Waals surface area contributed by atoms with Gasteiger partial charge in [-0.25, -0.2) is 0 Å². The Morgan fingerprint density at radius 3 is 2.23 bits per heavy atom. The zero-order chi connectivity index (χ0) is 15.0. The van der Waals surface area contributed by atoms with E-state index in [1.807, 2.05) is 36.2 Å². The van der Waals surface area contributed by atoms with Gasteiger partial charge in [0, 0.05) is 17.2 Å². The fourth-order valence-electron chi connectivity index (χ4n) is 2.34. The molecule has 1 nitrogen and oxygen atoms in total. The molecule has 0 aromatic heterocycles. The average molecular weight is 305 g/mol. The summed E-state index contributed by atoms with van der Waals surface area (Å²) >= 11 is 1.93. The van der Waals surface area contributed by atoms with Crippen molar-refractivity contribution in [2.45, 2.75) is 11.3 Å². The molecular weight excluding hydrogens is 286 g/mol. The van der Waals surface area contributed by atoms with Crippen molar-refractivity contribution < 1.29 is 0 Å². The molecule has 0 heterocycles. The highest BCUT2D eigenvalue weighted by molar-refractivity contribution is 8.00. The van der Waals surface area contributed by atoms with E-state index in [9.17, 15) is 0 Å². The molecule has 0 radical (unpaired) electrons. The summed E-state index contributed by atoms with van der Waals surface area (Å²) in [4.78, 5) is 4.83. The molecule has 0 unspecified atom stereocenters. The van der Waals surface area contributed by atoms with Crippen LogP contribution in [0.5, 0.6) is 0 Å². The molecule has 2 heteroatoms. The van der Waals surface area contributed by atoms with Gasteiger partial charge in [-0.2, -0.15) is 0 Å². The maximum Gasteiger partial charge on any atom is 0.0839 e. The predicted molar refractivity (Wildman–Crippen MR) is 97.7 cm³/mol. The highest BCUT2D eigenvalue weighted by Crippen LogP contribution is 2.27. The Morgan fingerprint density at radius 1 is 0.909 bits per heavy atom. The summed E-state index contributed by atoms with van der Waals surface area (Å²) in [5.41, 5.74) is 2.42. The van der Waals surface area contributed by atoms with Gasteiger partial charge >= 0.3 is 0 Å². The summed E-state index contributed by atoms with van der Waals surface area (Å²) in [5, 5.41) is 0.484. The van der Waals surface area contributed by atoms with Crippen molar-refractivity contribution in [2.75, 3.05) is 5.75 Å². The largest absolute Gasteiger partial charge is 0.284 e. The molecule has 1 aliphatic carbocycles. The van der Waals surface area contributed by atoms with Crippen LogP contribution in [0, 0.1) is 0 Å². The SMILES string of the molecule is C1=CC(SC[C@@H](N=Cc2ccccc2)c2ccccc2)C=C1. The number of thioether (sulfide) groups is 1. The number of hydrogen-bond donors (Lipinski definition) is 0. The summed E-state index contributed by atoms with van der Waals surface area (Å²) in [7, 11) is 0. The van der Waals surface area contributed by atoms with Gasteiger partial charge in [0.15, 0.2) is 0 Å². The van der Waals surface area contributed by atoms with E-state index in [2.05, 4.69) is 66.8 Å². The second kappa shape index (κ2) is 7.81. The van der Waals surface area contributed by atoms with E-state index in [1.165, 1.54) is 5.56 Å². The van der Waals surface area contributed by atoms with Gasteiger partial charge in [-0.15, -0.1) is 11.8 Å². The van der Waals surface area contributed by atoms with Crippen LogP contribution in [0.2, 0.25) is 0 Å². The molecule has 0 saturated carbocycles. The van der Waals surface area contributed by atoms with Crippen LogP contribution in [0.15, 0.2) is 90.0 Å². The molecule has 1 aliphatic rings. The Hall–Kier alpha value is -2.06. The number of nitrogens with zero attached hydrogens (tertiary/aromatic N) is 1. The van der Waals surface area contributed by atoms with Gasteiger partial charge in [0.1, 0.15) is 0 Å². The van der Waals surface area contributed by atoms with E-state index in [-0.39, 0.29) is 6.04 Å². The molecule has 2 aromatic carbocycles. The van der Waals surface area contributed by atoms with E-state index in [4.69, 9.17) is 4.99 Å². The van der Waals surface area contributed by atoms with E-state index in [0.29, 0.717) is 5.25 Å². The van der Waals surface area contributed by atoms with Crippen LogP contribution in [0.25, 0.3) is 0 Å². The van der Waals surface area contributed by atoms with Gasteiger partial charge in [-0.3, -0.25) is 4.99 Å². The number of rotatable bonds is 6. The number of allylic oxidation sites excluding steroid dienone is 2. The van der Waals surface area contributed by atoms with E-state index >= 15 is 0 Å². The van der Waals surface area contributed by atoms with Crippen molar-refractivity contribution in [2.24, 2.45) is 4.99 Å². The quantitative estimate of drug-likeness (QED) is 0.678. The molecule has 0 amide bonds. The van der Waals surface area contributed by atoms with Gasteiger partial charge in [0.05, 0.1) is 6.04 Å². The lowest BCUT2D eigenvalue weighted by Crippen LogP contribution is -2.03. The van der Waals surface area contributed by atoms with Gasteiger partial charge in [0.2, 0.25) is 0 Å². The first-order valence-electron chi connectivity index (χ1n) is 7.51. The Morgan fingerprint density at radius 2 is 1.55 bits per heavy atom. The van der Waals surface area contributed by atoms with E-state index in [0.717, 1.165) is 11.3 Å². The lowest BCUT2D eigenvalue weighted by atomic mass is 10.1. The van der Waals surface area contributed by atoms with Crippen molar-refractivity contribution in [1.82, 2.24) is 0 Å². The molecule has 0 N–H and O–H groups in total. The van der Waals surface area contributed by atoms with Crippen LogP contribution in [0.4, 0.5) is 0 Å². The monoisotopic (exact) mass is 305 g/mol. The molecule has 0 saturated heterocycles. The van der Waals surface area contributed by atoms with E-state index < -0.39 is 0 Å². The molecule has 0 fully saturated rings. The summed E-state index contributed by atoms with van der Waals surface area (Å²) < 4.78 is 0. The van der Waals surface area contributed by atoms with Crippen LogP contribution in [0.3, 0.4) is 0 Å². The molecule has 0 aliphatic heterocycles. The maximum atomic E-state index is 4.83. The molecule has 2 aromatic rings. The average Bonchev–Trinajstić information content (AvgIpc) is 3.10. The van der Waals surface area contributed by atoms with Crippen LogP contribution in [-0.2, 0) is 0 Å². The van der Waals surface area contributed by atoms with Crippen LogP contribution in [-0.4, -0.2) is 17.2 Å². The van der Waals surface area contributed by atoms with Crippen molar-refractivity contribution in [3.8, 4) is 0 Å². The summed E-state index contributed by atoms with van der Waals surface area (Å²) in [6, 6.07) is 21.0. The standard InChI is InChI=1S/C20H19NS/c1-3-9-17(10-4-1)15-21-20(18-11-5-2-6-12-18)16-22-19-13-7-8-14-19/h1-15,19-20H,16H2/t20-/m1/s1. The van der Waals surface area contributed by atoms with Crippen molar-refractivity contribution >= 4 is 18.0 Å². The minimum absolute atomic E-state index is 0.189. The van der Waals surface area contributed by atoms with Crippen molar-refractivity contribution in [3.05, 3.63) is 96.1 Å². The minimum Gasteiger partial charge on any atom is -0.284 e. The lowest BCUT2D eigenvalue weighted by Gasteiger charge is -2.14. The Balaban J connectivity index is 1.72. The summed E-state index contributed by atoms with van der Waals surface area (Å²) in [6.07, 6.45) is 10.7. The molecule has 1 atom stereocenters. The first-order valence-corrected chi connectivity index (χ1v) is 8.56. The van der Waals surface area contributed by atoms with Crippen LogP contribution >= 0.6 is 11.8 Å². The minimum atomic E-state index is 0.189. The lowest BCUT2D eigenvalue weighted by molar-refractivity contribution is 0.838. The molecule has 3 rings (SSSR count). The van der Waals surface area contributed by atoms with Gasteiger partial charge in [0.25, 0.3) is 0 Å². The number of benzene rings is 2. The zero-order valence-electron chi connectivity index (χ0n) is 12.4. The third-order valence-corrected chi connectivity index (χ3v) is 4.75. The summed E-state index contributed by atoms with van der Waals surface area (Å²) in [5.74, 6) is 0.979. The zero-order valence-corrected chi connectivity index (χ0v) is 13.2. The Labute approximate surface area is 136 Å². The highest BCUT2D eigenvalue weighted by Gasteiger charge is 2.12. The third-order valence-electron chi connectivity index (χ3n) is 3.55. The van der Waals surface area contributed by atoms with E-state index in [1.54, 1.807) is 0 Å². The summed E-state index contributed by atoms with van der Waals surface area (Å²) in [6.45, 7) is 0. The first-order chi connectivity index (χ1) is 10.9. The normalized spacial score (nSPS) is 15.6. The third kappa shape index (κ3) is 4.22. The van der Waals surface area contributed by atoms with Crippen molar-refractivity contribution in [3.63, 3.8) is 0 Å². The molecule has 22 heavy (non-hydrogen) atoms. The molecule has 110 valence electrons. The second-order valence-corrected chi connectivity index (χ2v) is 6.39. The second-order valence-electron chi connectivity index (χ2n) is 5.18. The molecule has 0 spiro atoms. The predicted octanol–water partition coefficient (Wildman–Crippen LogP) is 5.07. The van der Waals surface area contributed by atoms with Crippen LogP contribution < -0.4 is 0 Å². The van der Waals surface area contributed by atoms with Crippen LogP contribution in [0.1, 0.15) is 17.2 Å².